The first-order valence-electron chi connectivity index (χ1n) is 7.19. The van der Waals surface area contributed by atoms with Crippen molar-refractivity contribution in [2.45, 2.75) is 24.3 Å². The summed E-state index contributed by atoms with van der Waals surface area (Å²) in [5.41, 5.74) is 2.57. The van der Waals surface area contributed by atoms with Gasteiger partial charge in [0.1, 0.15) is 5.82 Å². The number of thioether (sulfide) groups is 1. The number of hydrogen-bond donors (Lipinski definition) is 2. The highest BCUT2D eigenvalue weighted by Crippen LogP contribution is 2.35. The molecule has 0 aromatic heterocycles. The molecule has 1 aliphatic rings. The highest BCUT2D eigenvalue weighted by atomic mass is 32.2. The molecule has 1 heterocycles. The maximum absolute atomic E-state index is 13.6. The third-order valence-electron chi connectivity index (χ3n) is 3.69. The van der Waals surface area contributed by atoms with Crippen molar-refractivity contribution in [3.05, 3.63) is 59.4 Å². The van der Waals surface area contributed by atoms with Gasteiger partial charge in [-0.15, -0.1) is 11.8 Å². The van der Waals surface area contributed by atoms with Crippen molar-refractivity contribution in [2.24, 2.45) is 0 Å². The Bertz CT molecular complexity index is 703. The van der Waals surface area contributed by atoms with E-state index in [0.29, 0.717) is 16.4 Å². The molecule has 0 amide bonds. The van der Waals surface area contributed by atoms with Crippen LogP contribution >= 0.6 is 24.0 Å². The largest absolute Gasteiger partial charge is 0.356 e. The molecule has 1 aliphatic heterocycles. The molecule has 0 spiro atoms. The Morgan fingerprint density at radius 3 is 2.91 bits per heavy atom. The van der Waals surface area contributed by atoms with Gasteiger partial charge in [0.2, 0.25) is 0 Å². The Hall–Kier alpha value is -1.59. The van der Waals surface area contributed by atoms with Gasteiger partial charge in [-0.3, -0.25) is 0 Å². The van der Waals surface area contributed by atoms with Crippen LogP contribution in [0.2, 0.25) is 0 Å². The fourth-order valence-electron chi connectivity index (χ4n) is 2.49. The van der Waals surface area contributed by atoms with Crippen molar-refractivity contribution < 1.29 is 4.39 Å². The fourth-order valence-corrected chi connectivity index (χ4v) is 3.87. The second kappa shape index (κ2) is 6.67. The number of nitrogens with one attached hydrogen (secondary N) is 2. The summed E-state index contributed by atoms with van der Waals surface area (Å²) in [4.78, 5) is 1.30. The first kappa shape index (κ1) is 15.3. The fraction of sp³-hybridized carbons (Fsp3) is 0.235. The smallest absolute Gasteiger partial charge is 0.171 e. The van der Waals surface area contributed by atoms with Crippen molar-refractivity contribution in [1.82, 2.24) is 5.32 Å². The SMILES string of the molecule is Cc1ccc(NC(=S)N[C@H]2CCSc3ccccc32)cc1F. The van der Waals surface area contributed by atoms with E-state index in [9.17, 15) is 4.39 Å². The van der Waals surface area contributed by atoms with Crippen LogP contribution in [0, 0.1) is 12.7 Å². The Kier molecular flexibility index (Phi) is 4.64. The molecular formula is C17H17FN2S2. The molecule has 0 fully saturated rings. The van der Waals surface area contributed by atoms with E-state index < -0.39 is 0 Å². The van der Waals surface area contributed by atoms with Gasteiger partial charge in [0, 0.05) is 16.3 Å². The quantitative estimate of drug-likeness (QED) is 0.781. The first-order chi connectivity index (χ1) is 10.6. The molecule has 2 aromatic carbocycles. The molecule has 2 aromatic rings. The average molecular weight is 332 g/mol. The minimum Gasteiger partial charge on any atom is -0.356 e. The van der Waals surface area contributed by atoms with Gasteiger partial charge < -0.3 is 10.6 Å². The summed E-state index contributed by atoms with van der Waals surface area (Å²) in [5.74, 6) is 0.836. The van der Waals surface area contributed by atoms with Gasteiger partial charge in [-0.25, -0.2) is 4.39 Å². The summed E-state index contributed by atoms with van der Waals surface area (Å²) >= 11 is 7.24. The number of aryl methyl sites for hydroxylation is 1. The molecule has 2 nitrogen and oxygen atoms in total. The predicted octanol–water partition coefficient (Wildman–Crippen LogP) is 4.66. The van der Waals surface area contributed by atoms with Crippen LogP contribution in [0.25, 0.3) is 0 Å². The monoisotopic (exact) mass is 332 g/mol. The number of fused-ring (bicyclic) bond motifs is 1. The van der Waals surface area contributed by atoms with Crippen LogP contribution in [0.4, 0.5) is 10.1 Å². The van der Waals surface area contributed by atoms with E-state index in [2.05, 4.69) is 28.8 Å². The summed E-state index contributed by atoms with van der Waals surface area (Å²) in [6, 6.07) is 13.6. The minimum atomic E-state index is -0.229. The lowest BCUT2D eigenvalue weighted by Crippen LogP contribution is -2.33. The molecule has 0 aliphatic carbocycles. The lowest BCUT2D eigenvalue weighted by Gasteiger charge is -2.27. The van der Waals surface area contributed by atoms with Crippen molar-refractivity contribution in [3.8, 4) is 0 Å². The van der Waals surface area contributed by atoms with Crippen molar-refractivity contribution in [3.63, 3.8) is 0 Å². The molecule has 22 heavy (non-hydrogen) atoms. The van der Waals surface area contributed by atoms with Crippen molar-refractivity contribution >= 4 is 34.8 Å². The normalized spacial score (nSPS) is 16.7. The van der Waals surface area contributed by atoms with Crippen LogP contribution < -0.4 is 10.6 Å². The number of anilines is 1. The van der Waals surface area contributed by atoms with Crippen molar-refractivity contribution in [2.75, 3.05) is 11.1 Å². The Morgan fingerprint density at radius 1 is 1.27 bits per heavy atom. The van der Waals surface area contributed by atoms with Crippen LogP contribution in [0.15, 0.2) is 47.4 Å². The zero-order valence-corrected chi connectivity index (χ0v) is 13.9. The van der Waals surface area contributed by atoms with E-state index in [0.717, 1.165) is 12.2 Å². The second-order valence-corrected chi connectivity index (χ2v) is 6.83. The zero-order valence-electron chi connectivity index (χ0n) is 12.2. The Labute approximate surface area is 139 Å². The van der Waals surface area contributed by atoms with Crippen LogP contribution in [0.1, 0.15) is 23.6 Å². The lowest BCUT2D eigenvalue weighted by molar-refractivity contribution is 0.614. The molecule has 0 saturated carbocycles. The van der Waals surface area contributed by atoms with Gasteiger partial charge in [0.15, 0.2) is 5.11 Å². The van der Waals surface area contributed by atoms with Crippen LogP contribution in [-0.2, 0) is 0 Å². The number of thiocarbonyl (C=S) groups is 1. The molecule has 5 heteroatoms. The van der Waals surface area contributed by atoms with Gasteiger partial charge in [-0.05, 0) is 54.9 Å². The molecule has 0 unspecified atom stereocenters. The highest BCUT2D eigenvalue weighted by molar-refractivity contribution is 7.99. The summed E-state index contributed by atoms with van der Waals surface area (Å²) in [6.07, 6.45) is 1.02. The van der Waals surface area contributed by atoms with Gasteiger partial charge in [-0.2, -0.15) is 0 Å². The Morgan fingerprint density at radius 2 is 2.09 bits per heavy atom. The molecule has 1 atom stereocenters. The van der Waals surface area contributed by atoms with E-state index in [1.165, 1.54) is 16.5 Å². The third-order valence-corrected chi connectivity index (χ3v) is 5.04. The van der Waals surface area contributed by atoms with Crippen molar-refractivity contribution in [1.29, 1.82) is 0 Å². The standard InChI is InChI=1S/C17H17FN2S2/c1-11-6-7-12(10-14(11)18)19-17(21)20-15-8-9-22-16-5-3-2-4-13(15)16/h2-7,10,15H,8-9H2,1H3,(H2,19,20,21)/t15-/m0/s1. The average Bonchev–Trinajstić information content (AvgIpc) is 2.51. The zero-order chi connectivity index (χ0) is 15.5. The van der Waals surface area contributed by atoms with Gasteiger partial charge >= 0.3 is 0 Å². The molecule has 0 bridgehead atoms. The molecule has 2 N–H and O–H groups in total. The molecular weight excluding hydrogens is 315 g/mol. The third kappa shape index (κ3) is 3.42. The van der Waals surface area contributed by atoms with Crippen LogP contribution in [-0.4, -0.2) is 10.9 Å². The number of benzene rings is 2. The summed E-state index contributed by atoms with van der Waals surface area (Å²) in [5, 5.41) is 6.93. The minimum absolute atomic E-state index is 0.202. The van der Waals surface area contributed by atoms with E-state index in [4.69, 9.17) is 12.2 Å². The summed E-state index contributed by atoms with van der Waals surface area (Å²) in [7, 11) is 0. The number of hydrogen-bond acceptors (Lipinski definition) is 2. The molecule has 0 radical (unpaired) electrons. The maximum Gasteiger partial charge on any atom is 0.171 e. The van der Waals surface area contributed by atoms with E-state index in [1.54, 1.807) is 13.0 Å². The molecule has 3 rings (SSSR count). The second-order valence-electron chi connectivity index (χ2n) is 5.29. The molecule has 0 saturated heterocycles. The first-order valence-corrected chi connectivity index (χ1v) is 8.58. The number of rotatable bonds is 2. The molecule has 114 valence electrons. The number of halogens is 1. The maximum atomic E-state index is 13.6. The van der Waals surface area contributed by atoms with Gasteiger partial charge in [0.25, 0.3) is 0 Å². The van der Waals surface area contributed by atoms with Gasteiger partial charge in [0.05, 0.1) is 6.04 Å². The topological polar surface area (TPSA) is 24.1 Å². The summed E-state index contributed by atoms with van der Waals surface area (Å²) < 4.78 is 13.6. The highest BCUT2D eigenvalue weighted by Gasteiger charge is 2.20. The Balaban J connectivity index is 1.69. The van der Waals surface area contributed by atoms with E-state index in [-0.39, 0.29) is 11.9 Å². The lowest BCUT2D eigenvalue weighted by atomic mass is 10.0. The van der Waals surface area contributed by atoms with Crippen LogP contribution in [0.3, 0.4) is 0 Å². The van der Waals surface area contributed by atoms with Gasteiger partial charge in [-0.1, -0.05) is 24.3 Å². The predicted molar refractivity (Wildman–Crippen MR) is 95.0 cm³/mol. The van der Waals surface area contributed by atoms with E-state index in [1.807, 2.05) is 23.9 Å². The van der Waals surface area contributed by atoms with E-state index >= 15 is 0 Å². The van der Waals surface area contributed by atoms with Crippen LogP contribution in [0.5, 0.6) is 0 Å². The summed E-state index contributed by atoms with van der Waals surface area (Å²) in [6.45, 7) is 1.74.